The van der Waals surface area contributed by atoms with Crippen molar-refractivity contribution in [1.29, 1.82) is 0 Å². The fourth-order valence-corrected chi connectivity index (χ4v) is 5.52. The Morgan fingerprint density at radius 3 is 2.68 bits per heavy atom. The molecule has 5 atom stereocenters. The summed E-state index contributed by atoms with van der Waals surface area (Å²) < 4.78 is 40.2. The second-order valence-electron chi connectivity index (χ2n) is 8.02. The highest BCUT2D eigenvalue weighted by atomic mass is 32.2. The zero-order valence-electron chi connectivity index (χ0n) is 15.7. The summed E-state index contributed by atoms with van der Waals surface area (Å²) in [7, 11) is 0. The van der Waals surface area contributed by atoms with Crippen LogP contribution in [-0.4, -0.2) is 31.8 Å². The first-order valence-corrected chi connectivity index (χ1v) is 10.5. The molecule has 0 saturated heterocycles. The zero-order chi connectivity index (χ0) is 20.1. The maximum absolute atomic E-state index is 13.0. The van der Waals surface area contributed by atoms with E-state index in [0.29, 0.717) is 17.5 Å². The lowest BCUT2D eigenvalue weighted by Gasteiger charge is -2.29. The topological polar surface area (TPSA) is 59.3 Å². The Morgan fingerprint density at radius 2 is 2.04 bits per heavy atom. The Kier molecular flexibility index (Phi) is 5.05. The van der Waals surface area contributed by atoms with Crippen LogP contribution in [0.25, 0.3) is 5.65 Å². The molecule has 2 heterocycles. The molecule has 28 heavy (non-hydrogen) atoms. The van der Waals surface area contributed by atoms with E-state index in [0.717, 1.165) is 29.9 Å². The number of thioether (sulfide) groups is 1. The summed E-state index contributed by atoms with van der Waals surface area (Å²) in [5.41, 5.74) is -0.456. The number of hydrogen-bond donors (Lipinski definition) is 1. The minimum absolute atomic E-state index is 0.109. The molecule has 2 aliphatic rings. The summed E-state index contributed by atoms with van der Waals surface area (Å²) in [6.07, 6.45) is 1.56. The molecule has 0 aliphatic heterocycles. The van der Waals surface area contributed by atoms with Gasteiger partial charge in [0, 0.05) is 12.2 Å². The monoisotopic (exact) mass is 412 g/mol. The van der Waals surface area contributed by atoms with Gasteiger partial charge >= 0.3 is 6.18 Å². The number of alkyl halides is 3. The van der Waals surface area contributed by atoms with Crippen molar-refractivity contribution in [2.45, 2.75) is 62.2 Å². The Balaban J connectivity index is 1.42. The summed E-state index contributed by atoms with van der Waals surface area (Å²) in [6.45, 7) is 3.80. The van der Waals surface area contributed by atoms with Crippen LogP contribution in [0.2, 0.25) is 0 Å². The number of halogens is 3. The molecule has 0 aromatic carbocycles. The largest absolute Gasteiger partial charge is 0.417 e. The van der Waals surface area contributed by atoms with Crippen LogP contribution in [0.3, 0.4) is 0 Å². The van der Waals surface area contributed by atoms with Crippen LogP contribution in [0, 0.1) is 17.8 Å². The van der Waals surface area contributed by atoms with Crippen LogP contribution in [0.15, 0.2) is 23.5 Å². The summed E-state index contributed by atoms with van der Waals surface area (Å²) >= 11 is 1.12. The van der Waals surface area contributed by atoms with E-state index in [9.17, 15) is 18.0 Å². The van der Waals surface area contributed by atoms with E-state index in [1.165, 1.54) is 36.2 Å². The van der Waals surface area contributed by atoms with Gasteiger partial charge in [0.2, 0.25) is 5.91 Å². The molecule has 9 heteroatoms. The number of nitrogens with one attached hydrogen (secondary N) is 1. The quantitative estimate of drug-likeness (QED) is 0.749. The molecule has 2 aromatic rings. The number of hydrogen-bond acceptors (Lipinski definition) is 4. The molecule has 2 aliphatic carbocycles. The van der Waals surface area contributed by atoms with Gasteiger partial charge in [-0.3, -0.25) is 9.20 Å². The second kappa shape index (κ2) is 7.24. The third kappa shape index (κ3) is 3.73. The number of amides is 1. The maximum atomic E-state index is 13.0. The molecule has 5 nitrogen and oxygen atoms in total. The third-order valence-corrected chi connectivity index (χ3v) is 7.21. The first-order chi connectivity index (χ1) is 13.2. The Bertz CT molecular complexity index is 884. The highest BCUT2D eigenvalue weighted by Crippen LogP contribution is 2.49. The van der Waals surface area contributed by atoms with Crippen molar-refractivity contribution in [3.63, 3.8) is 0 Å². The van der Waals surface area contributed by atoms with Gasteiger partial charge in [0.25, 0.3) is 0 Å². The minimum atomic E-state index is -4.44. The number of carbonyl (C=O) groups excluding carboxylic acids is 1. The van der Waals surface area contributed by atoms with Crippen LogP contribution >= 0.6 is 11.8 Å². The molecule has 152 valence electrons. The van der Waals surface area contributed by atoms with Crippen LogP contribution < -0.4 is 5.32 Å². The molecule has 2 saturated carbocycles. The number of pyridine rings is 1. The van der Waals surface area contributed by atoms with Crippen LogP contribution in [0.1, 0.15) is 45.1 Å². The molecule has 2 fully saturated rings. The summed E-state index contributed by atoms with van der Waals surface area (Å²) in [5.74, 6) is 1.93. The lowest BCUT2D eigenvalue weighted by Crippen LogP contribution is -2.43. The van der Waals surface area contributed by atoms with Crippen molar-refractivity contribution in [1.82, 2.24) is 19.9 Å². The van der Waals surface area contributed by atoms with Crippen molar-refractivity contribution in [2.75, 3.05) is 0 Å². The third-order valence-electron chi connectivity index (χ3n) is 6.15. The minimum Gasteiger partial charge on any atom is -0.352 e. The molecule has 0 radical (unpaired) electrons. The van der Waals surface area contributed by atoms with E-state index in [2.05, 4.69) is 22.4 Å². The predicted molar refractivity (Wildman–Crippen MR) is 99.9 cm³/mol. The molecule has 1 N–H and O–H groups in total. The first kappa shape index (κ1) is 19.5. The van der Waals surface area contributed by atoms with Gasteiger partial charge in [0.1, 0.15) is 0 Å². The number of carbonyl (C=O) groups is 1. The lowest BCUT2D eigenvalue weighted by atomic mass is 9.84. The fourth-order valence-electron chi connectivity index (χ4n) is 4.68. The van der Waals surface area contributed by atoms with E-state index in [-0.39, 0.29) is 17.1 Å². The highest BCUT2D eigenvalue weighted by molar-refractivity contribution is 8.00. The average molecular weight is 412 g/mol. The van der Waals surface area contributed by atoms with Gasteiger partial charge in [-0.05, 0) is 63.0 Å². The highest BCUT2D eigenvalue weighted by Gasteiger charge is 2.42. The van der Waals surface area contributed by atoms with E-state index < -0.39 is 17.0 Å². The van der Waals surface area contributed by atoms with Gasteiger partial charge in [-0.15, -0.1) is 10.2 Å². The van der Waals surface area contributed by atoms with Gasteiger partial charge in [0.05, 0.1) is 10.8 Å². The number of nitrogens with zero attached hydrogens (tertiary/aromatic N) is 3. The van der Waals surface area contributed by atoms with Crippen molar-refractivity contribution < 1.29 is 18.0 Å². The molecular weight excluding hydrogens is 389 g/mol. The summed E-state index contributed by atoms with van der Waals surface area (Å²) in [6, 6.07) is 2.37. The maximum Gasteiger partial charge on any atom is 0.417 e. The van der Waals surface area contributed by atoms with Crippen molar-refractivity contribution >= 4 is 23.3 Å². The Hall–Kier alpha value is -1.77. The zero-order valence-corrected chi connectivity index (χ0v) is 16.6. The van der Waals surface area contributed by atoms with Crippen molar-refractivity contribution in [3.8, 4) is 0 Å². The first-order valence-electron chi connectivity index (χ1n) is 9.61. The Labute approximate surface area is 165 Å². The lowest BCUT2D eigenvalue weighted by molar-refractivity contribution is -0.137. The standard InChI is InChI=1S/C19H23F3N4OS/c1-10(15-8-12-3-4-13(15)7-12)23-17(27)11(2)28-18-25-24-16-6-5-14(9-26(16)18)19(20,21)22/h5-6,9-13,15H,3-4,7-8H2,1-2H3,(H,23,27)/t10-,11+,12+,13+,15-/m1/s1. The van der Waals surface area contributed by atoms with E-state index >= 15 is 0 Å². The van der Waals surface area contributed by atoms with Gasteiger partial charge < -0.3 is 5.32 Å². The molecule has 2 aromatic heterocycles. The molecule has 2 bridgehead atoms. The SMILES string of the molecule is C[C@H](Sc1nnc2ccc(C(F)(F)F)cn12)C(=O)N[C@H](C)[C@H]1C[C@H]2CC[C@H]1C2. The van der Waals surface area contributed by atoms with Gasteiger partial charge in [-0.2, -0.15) is 13.2 Å². The van der Waals surface area contributed by atoms with E-state index in [1.54, 1.807) is 6.92 Å². The number of rotatable bonds is 5. The number of fused-ring (bicyclic) bond motifs is 3. The van der Waals surface area contributed by atoms with Crippen LogP contribution in [-0.2, 0) is 11.0 Å². The summed E-state index contributed by atoms with van der Waals surface area (Å²) in [4.78, 5) is 12.6. The molecule has 1 amide bonds. The second-order valence-corrected chi connectivity index (χ2v) is 9.33. The number of aromatic nitrogens is 3. The van der Waals surface area contributed by atoms with E-state index in [4.69, 9.17) is 0 Å². The smallest absolute Gasteiger partial charge is 0.352 e. The molecule has 0 spiro atoms. The van der Waals surface area contributed by atoms with Crippen LogP contribution in [0.4, 0.5) is 13.2 Å². The average Bonchev–Trinajstić information content (AvgIpc) is 3.36. The fraction of sp³-hybridized carbons (Fsp3) is 0.632. The van der Waals surface area contributed by atoms with Gasteiger partial charge in [-0.25, -0.2) is 0 Å². The molecule has 0 unspecified atom stereocenters. The van der Waals surface area contributed by atoms with Gasteiger partial charge in [0.15, 0.2) is 10.8 Å². The summed E-state index contributed by atoms with van der Waals surface area (Å²) in [5, 5.41) is 10.8. The molecule has 4 rings (SSSR count). The van der Waals surface area contributed by atoms with Gasteiger partial charge in [-0.1, -0.05) is 18.2 Å². The van der Waals surface area contributed by atoms with Crippen molar-refractivity contribution in [3.05, 3.63) is 23.9 Å². The van der Waals surface area contributed by atoms with Crippen molar-refractivity contribution in [2.24, 2.45) is 17.8 Å². The normalized spacial score (nSPS) is 26.5. The van der Waals surface area contributed by atoms with E-state index in [1.807, 2.05) is 0 Å². The Morgan fingerprint density at radius 1 is 1.25 bits per heavy atom. The molecular formula is C19H23F3N4OS. The van der Waals surface area contributed by atoms with Crippen LogP contribution in [0.5, 0.6) is 0 Å². The predicted octanol–water partition coefficient (Wildman–Crippen LogP) is 4.17.